The largest absolute Gasteiger partial charge is 0.507 e. The molecule has 0 saturated carbocycles. The van der Waals surface area contributed by atoms with E-state index in [0.717, 1.165) is 100 Å². The van der Waals surface area contributed by atoms with Gasteiger partial charge in [0.1, 0.15) is 34.4 Å². The Morgan fingerprint density at radius 1 is 0.228 bits per heavy atom. The van der Waals surface area contributed by atoms with E-state index in [0.29, 0.717) is 54.9 Å². The molecule has 6 nitrogen and oxygen atoms in total. The van der Waals surface area contributed by atoms with Gasteiger partial charge in [-0.2, -0.15) is 26.3 Å². The Labute approximate surface area is 520 Å². The number of pyridine rings is 2. The molecule has 0 spiro atoms. The molecule has 92 heavy (non-hydrogen) atoms. The zero-order valence-electron chi connectivity index (χ0n) is 48.2. The molecule has 0 unspecified atom stereocenters. The van der Waals surface area contributed by atoms with Crippen molar-refractivity contribution in [2.45, 2.75) is 12.4 Å². The van der Waals surface area contributed by atoms with Gasteiger partial charge in [-0.15, -0.1) is 0 Å². The molecular formula is C80H46F6N2O4. The van der Waals surface area contributed by atoms with Crippen LogP contribution in [0.5, 0.6) is 23.0 Å². The first-order valence-corrected chi connectivity index (χ1v) is 29.5. The number of phenols is 4. The molecule has 0 fully saturated rings. The van der Waals surface area contributed by atoms with Crippen LogP contribution in [0.15, 0.2) is 255 Å². The highest BCUT2D eigenvalue weighted by atomic mass is 19.4. The van der Waals surface area contributed by atoms with Gasteiger partial charge < -0.3 is 20.4 Å². The van der Waals surface area contributed by atoms with Gasteiger partial charge in [-0.3, -0.25) is 9.97 Å². The summed E-state index contributed by atoms with van der Waals surface area (Å²) in [4.78, 5) is 7.11. The van der Waals surface area contributed by atoms with Crippen LogP contribution in [-0.2, 0) is 12.4 Å². The molecule has 14 aromatic carbocycles. The quantitative estimate of drug-likeness (QED) is 0.0936. The Morgan fingerprint density at radius 2 is 0.511 bits per heavy atom. The number of hydrogen-bond donors (Lipinski definition) is 4. The summed E-state index contributed by atoms with van der Waals surface area (Å²) in [6.07, 6.45) is -7.68. The van der Waals surface area contributed by atoms with E-state index < -0.39 is 35.2 Å². The second-order valence-corrected chi connectivity index (χ2v) is 23.1. The average Bonchev–Trinajstić information content (AvgIpc) is 0.742. The van der Waals surface area contributed by atoms with E-state index in [9.17, 15) is 46.8 Å². The van der Waals surface area contributed by atoms with Crippen LogP contribution < -0.4 is 0 Å². The zero-order chi connectivity index (χ0) is 62.9. The lowest BCUT2D eigenvalue weighted by Crippen LogP contribution is -2.07. The van der Waals surface area contributed by atoms with E-state index in [-0.39, 0.29) is 44.9 Å². The summed E-state index contributed by atoms with van der Waals surface area (Å²) in [5, 5.41) is 64.0. The Bertz CT molecular complexity index is 5820. The Kier molecular flexibility index (Phi) is 12.6. The van der Waals surface area contributed by atoms with Gasteiger partial charge in [0.15, 0.2) is 0 Å². The Balaban J connectivity index is 0.903. The van der Waals surface area contributed by atoms with E-state index >= 15 is 0 Å². The topological polar surface area (TPSA) is 107 Å². The second kappa shape index (κ2) is 20.9. The number of rotatable bonds is 7. The van der Waals surface area contributed by atoms with Crippen LogP contribution in [0.25, 0.3) is 164 Å². The van der Waals surface area contributed by atoms with Crippen LogP contribution in [0.2, 0.25) is 0 Å². The van der Waals surface area contributed by atoms with Crippen molar-refractivity contribution in [3.63, 3.8) is 0 Å². The molecule has 0 bridgehead atoms. The maximum Gasteiger partial charge on any atom is 0.433 e. The maximum absolute atomic E-state index is 14.4. The minimum atomic E-state index is -4.85. The Morgan fingerprint density at radius 3 is 0.935 bits per heavy atom. The molecule has 16 aromatic rings. The van der Waals surface area contributed by atoms with Crippen molar-refractivity contribution in [1.29, 1.82) is 0 Å². The molecular weight excluding hydrogens is 1170 g/mol. The first kappa shape index (κ1) is 55.5. The molecule has 16 rings (SSSR count). The summed E-state index contributed by atoms with van der Waals surface area (Å²) >= 11 is 0. The van der Waals surface area contributed by atoms with Gasteiger partial charge >= 0.3 is 12.4 Å². The molecule has 2 heterocycles. The number of fused-ring (bicyclic) bond motifs is 10. The minimum Gasteiger partial charge on any atom is -0.507 e. The molecule has 2 aromatic heterocycles. The number of aromatic nitrogens is 2. The predicted molar refractivity (Wildman–Crippen MR) is 357 cm³/mol. The molecule has 0 amide bonds. The molecule has 0 aliphatic rings. The van der Waals surface area contributed by atoms with Crippen molar-refractivity contribution in [3.8, 4) is 101 Å². The van der Waals surface area contributed by atoms with Crippen LogP contribution in [0.4, 0.5) is 26.3 Å². The normalized spacial score (nSPS) is 12.2. The molecule has 4 N–H and O–H groups in total. The van der Waals surface area contributed by atoms with Crippen molar-refractivity contribution in [2.24, 2.45) is 0 Å². The second-order valence-electron chi connectivity index (χ2n) is 23.1. The SMILES string of the molecule is Oc1c(-c2ccnc(C(F)(F)F)c2)cc2ccccc2c1-c1c(O)c(-c2ccnc(C(F)(F)F)c2)cc2cc(-c3ccc4c(c3)cc(-c3cc5ccccc5c(-c5c(O)c(-c6cc7ccccc7c7ccccc67)cc6ccccc56)c3O)c3ccccc34)ccc12. The van der Waals surface area contributed by atoms with Crippen LogP contribution in [-0.4, -0.2) is 30.4 Å². The number of alkyl halides is 6. The Hall–Kier alpha value is -11.8. The smallest absolute Gasteiger partial charge is 0.433 e. The number of hydrogen-bond acceptors (Lipinski definition) is 6. The van der Waals surface area contributed by atoms with Crippen LogP contribution in [0.3, 0.4) is 0 Å². The van der Waals surface area contributed by atoms with Crippen molar-refractivity contribution in [2.75, 3.05) is 0 Å². The fourth-order valence-corrected chi connectivity index (χ4v) is 13.7. The third-order valence-electron chi connectivity index (χ3n) is 17.9. The number of nitrogens with zero attached hydrogens (tertiary/aromatic N) is 2. The molecule has 442 valence electrons. The zero-order valence-corrected chi connectivity index (χ0v) is 48.2. The standard InChI is InChI=1S/C80H46F6N2O4/c81-79(82,83)69-41-49(29-31-87-69)63-35-46-14-2-6-18-55(46)71(75(63)89)74-58-28-26-44(34-52(58)39-64(76(74)90)50-30-32-88-70(42-50)80(84,85)86)43-25-27-54-51(33-43)40-66(62-24-12-10-22-60(54)62)68-38-48-16-4-8-20-57(48)73(78(68)92)72-56-19-7-3-15-47(56)37-67(77(72)91)65-36-45-13-1-5-17-53(45)59-21-9-11-23-61(59)65/h1-42,89-92H. The molecule has 0 atom stereocenters. The van der Waals surface area contributed by atoms with Crippen LogP contribution in [0.1, 0.15) is 11.4 Å². The van der Waals surface area contributed by atoms with Crippen molar-refractivity contribution >= 4 is 86.2 Å². The van der Waals surface area contributed by atoms with Gasteiger partial charge in [0.2, 0.25) is 0 Å². The van der Waals surface area contributed by atoms with Gasteiger partial charge in [-0.25, -0.2) is 0 Å². The van der Waals surface area contributed by atoms with Crippen molar-refractivity contribution in [3.05, 3.63) is 266 Å². The molecule has 12 heteroatoms. The van der Waals surface area contributed by atoms with E-state index in [1.165, 1.54) is 18.2 Å². The average molecular weight is 1210 g/mol. The van der Waals surface area contributed by atoms with Gasteiger partial charge in [0.05, 0.1) is 0 Å². The lowest BCUT2D eigenvalue weighted by molar-refractivity contribution is -0.141. The minimum absolute atomic E-state index is 0.00705. The van der Waals surface area contributed by atoms with Gasteiger partial charge in [-0.05, 0) is 192 Å². The molecule has 0 aliphatic carbocycles. The van der Waals surface area contributed by atoms with E-state index in [1.54, 1.807) is 36.4 Å². The third-order valence-corrected chi connectivity index (χ3v) is 17.9. The summed E-state index contributed by atoms with van der Waals surface area (Å²) in [7, 11) is 0. The van der Waals surface area contributed by atoms with Crippen molar-refractivity contribution < 1.29 is 46.8 Å². The number of phenolic OH excluding ortho intramolecular Hbond substituents is 4. The van der Waals surface area contributed by atoms with E-state index in [4.69, 9.17) is 0 Å². The monoisotopic (exact) mass is 1210 g/mol. The highest BCUT2D eigenvalue weighted by molar-refractivity contribution is 6.21. The number of halogens is 6. The van der Waals surface area contributed by atoms with Crippen molar-refractivity contribution in [1.82, 2.24) is 9.97 Å². The number of benzene rings is 14. The highest BCUT2D eigenvalue weighted by Gasteiger charge is 2.35. The predicted octanol–water partition coefficient (Wildman–Crippen LogP) is 22.2. The lowest BCUT2D eigenvalue weighted by Gasteiger charge is -2.21. The van der Waals surface area contributed by atoms with Gasteiger partial charge in [-0.1, -0.05) is 170 Å². The maximum atomic E-state index is 14.4. The molecule has 0 radical (unpaired) electrons. The third kappa shape index (κ3) is 8.96. The highest BCUT2D eigenvalue weighted by Crippen LogP contribution is 2.56. The fraction of sp³-hybridized carbons (Fsp3) is 0.0250. The fourth-order valence-electron chi connectivity index (χ4n) is 13.7. The lowest BCUT2D eigenvalue weighted by atomic mass is 9.84. The van der Waals surface area contributed by atoms with Gasteiger partial charge in [0.25, 0.3) is 0 Å². The summed E-state index contributed by atoms with van der Waals surface area (Å²) < 4.78 is 85.6. The molecule has 0 saturated heterocycles. The summed E-state index contributed by atoms with van der Waals surface area (Å²) in [5.74, 6) is -1.00. The van der Waals surface area contributed by atoms with E-state index in [1.807, 2.05) is 146 Å². The molecule has 0 aliphatic heterocycles. The van der Waals surface area contributed by atoms with Gasteiger partial charge in [0, 0.05) is 56.9 Å². The summed E-state index contributed by atoms with van der Waals surface area (Å²) in [6.45, 7) is 0. The first-order valence-electron chi connectivity index (χ1n) is 29.5. The van der Waals surface area contributed by atoms with E-state index in [2.05, 4.69) is 40.3 Å². The summed E-state index contributed by atoms with van der Waals surface area (Å²) in [5.41, 5.74) is 2.57. The van der Waals surface area contributed by atoms with Crippen LogP contribution >= 0.6 is 0 Å². The first-order chi connectivity index (χ1) is 44.6. The van der Waals surface area contributed by atoms with Crippen LogP contribution in [0, 0.1) is 0 Å². The number of aromatic hydroxyl groups is 4. The summed E-state index contributed by atoms with van der Waals surface area (Å²) in [6, 6.07) is 73.9.